The summed E-state index contributed by atoms with van der Waals surface area (Å²) in [4.78, 5) is 32.0. The highest BCUT2D eigenvalue weighted by Gasteiger charge is 2.24. The summed E-state index contributed by atoms with van der Waals surface area (Å²) in [5, 5.41) is 10.1. The molecule has 1 unspecified atom stereocenters. The molecule has 1 N–H and O–H groups in total. The third kappa shape index (κ3) is 6.70. The lowest BCUT2D eigenvalue weighted by atomic mass is 10.1. The van der Waals surface area contributed by atoms with E-state index in [1.165, 1.54) is 6.07 Å². The number of halogens is 1. The second-order valence-corrected chi connectivity index (χ2v) is 10.2. The van der Waals surface area contributed by atoms with Crippen LogP contribution in [0.4, 0.5) is 0 Å². The third-order valence-corrected chi connectivity index (χ3v) is 7.13. The zero-order valence-corrected chi connectivity index (χ0v) is 22.7. The Balaban J connectivity index is 1.22. The van der Waals surface area contributed by atoms with Crippen molar-refractivity contribution in [2.75, 3.05) is 20.2 Å². The van der Waals surface area contributed by atoms with Gasteiger partial charge in [0.25, 0.3) is 0 Å². The van der Waals surface area contributed by atoms with Crippen LogP contribution in [-0.2, 0) is 24.2 Å². The standard InChI is InChI=1S/C28H31ClN6O4/c1-18(38-2)16-35-25(31-22-7-8-23(28(36)37)32-27(22)35)17-34-13-10-21(11-14-34)39-26-9-12-30-24(33-26)15-19-3-5-20(29)6-4-19/h3-9,12,18,21H,10-11,13-17H2,1-2H3,(H,36,37). The molecule has 0 saturated carbocycles. The summed E-state index contributed by atoms with van der Waals surface area (Å²) >= 11 is 5.99. The Labute approximate surface area is 231 Å². The molecule has 3 aromatic heterocycles. The zero-order chi connectivity index (χ0) is 27.4. The van der Waals surface area contributed by atoms with E-state index >= 15 is 0 Å². The number of benzene rings is 1. The fourth-order valence-corrected chi connectivity index (χ4v) is 4.81. The van der Waals surface area contributed by atoms with Crippen LogP contribution in [0.2, 0.25) is 5.02 Å². The highest BCUT2D eigenvalue weighted by Crippen LogP contribution is 2.22. The molecule has 4 heterocycles. The minimum absolute atomic E-state index is 0.000669. The molecule has 1 atom stereocenters. The molecular weight excluding hydrogens is 520 g/mol. The van der Waals surface area contributed by atoms with Crippen molar-refractivity contribution < 1.29 is 19.4 Å². The highest BCUT2D eigenvalue weighted by atomic mass is 35.5. The summed E-state index contributed by atoms with van der Waals surface area (Å²) in [5.41, 5.74) is 2.32. The van der Waals surface area contributed by atoms with E-state index in [9.17, 15) is 9.90 Å². The van der Waals surface area contributed by atoms with E-state index in [2.05, 4.69) is 19.9 Å². The van der Waals surface area contributed by atoms with Gasteiger partial charge in [0.05, 0.1) is 19.2 Å². The lowest BCUT2D eigenvalue weighted by molar-refractivity contribution is 0.0691. The van der Waals surface area contributed by atoms with Gasteiger partial charge in [-0.05, 0) is 49.6 Å². The molecule has 1 fully saturated rings. The van der Waals surface area contributed by atoms with Crippen LogP contribution in [0.15, 0.2) is 48.7 Å². The largest absolute Gasteiger partial charge is 0.477 e. The molecule has 204 valence electrons. The van der Waals surface area contributed by atoms with Gasteiger partial charge in [0.15, 0.2) is 11.3 Å². The molecule has 4 aromatic rings. The smallest absolute Gasteiger partial charge is 0.354 e. The van der Waals surface area contributed by atoms with Gasteiger partial charge < -0.3 is 19.1 Å². The zero-order valence-electron chi connectivity index (χ0n) is 22.0. The molecule has 11 heteroatoms. The SMILES string of the molecule is COC(C)Cn1c(CN2CCC(Oc3ccnc(Cc4ccc(Cl)cc4)n3)CC2)nc2ccc(C(=O)O)nc21. The van der Waals surface area contributed by atoms with Crippen LogP contribution in [-0.4, -0.2) is 72.9 Å². The summed E-state index contributed by atoms with van der Waals surface area (Å²) in [7, 11) is 1.66. The number of carbonyl (C=O) groups is 1. The Kier molecular flexibility index (Phi) is 8.35. The molecule has 0 spiro atoms. The first-order valence-electron chi connectivity index (χ1n) is 13.0. The van der Waals surface area contributed by atoms with Crippen LogP contribution in [0.1, 0.15) is 47.5 Å². The maximum atomic E-state index is 11.5. The number of fused-ring (bicyclic) bond motifs is 1. The first kappa shape index (κ1) is 27.0. The quantitative estimate of drug-likeness (QED) is 0.309. The highest BCUT2D eigenvalue weighted by molar-refractivity contribution is 6.30. The topological polar surface area (TPSA) is 115 Å². The van der Waals surface area contributed by atoms with Gasteiger partial charge in [0.2, 0.25) is 5.88 Å². The molecule has 5 rings (SSSR count). The number of piperidine rings is 1. The van der Waals surface area contributed by atoms with E-state index in [0.29, 0.717) is 47.4 Å². The Morgan fingerprint density at radius 3 is 2.59 bits per heavy atom. The van der Waals surface area contributed by atoms with Crippen LogP contribution in [0.5, 0.6) is 5.88 Å². The van der Waals surface area contributed by atoms with Crippen molar-refractivity contribution in [3.63, 3.8) is 0 Å². The van der Waals surface area contributed by atoms with E-state index in [-0.39, 0.29) is 17.9 Å². The van der Waals surface area contributed by atoms with Gasteiger partial charge in [0.1, 0.15) is 23.3 Å². The van der Waals surface area contributed by atoms with Crippen molar-refractivity contribution in [3.05, 3.63) is 76.6 Å². The molecule has 0 bridgehead atoms. The number of nitrogens with zero attached hydrogens (tertiary/aromatic N) is 6. The second-order valence-electron chi connectivity index (χ2n) is 9.74. The average Bonchev–Trinajstić information content (AvgIpc) is 3.27. The van der Waals surface area contributed by atoms with Gasteiger partial charge in [-0.3, -0.25) is 4.90 Å². The number of aromatic carboxylic acids is 1. The molecular formula is C28H31ClN6O4. The number of carboxylic acids is 1. The third-order valence-electron chi connectivity index (χ3n) is 6.87. The molecule has 0 aliphatic carbocycles. The van der Waals surface area contributed by atoms with Crippen molar-refractivity contribution >= 4 is 28.7 Å². The number of methoxy groups -OCH3 is 1. The monoisotopic (exact) mass is 550 g/mol. The molecule has 1 saturated heterocycles. The summed E-state index contributed by atoms with van der Waals surface area (Å²) in [6, 6.07) is 12.7. The van der Waals surface area contributed by atoms with Crippen molar-refractivity contribution in [2.24, 2.45) is 0 Å². The molecule has 1 aliphatic rings. The van der Waals surface area contributed by atoms with E-state index in [0.717, 1.165) is 37.3 Å². The Bertz CT molecular complexity index is 1440. The molecule has 1 aliphatic heterocycles. The second kappa shape index (κ2) is 12.1. The number of hydrogen-bond donors (Lipinski definition) is 1. The number of likely N-dealkylation sites (tertiary alicyclic amines) is 1. The fourth-order valence-electron chi connectivity index (χ4n) is 4.68. The van der Waals surface area contributed by atoms with Crippen LogP contribution < -0.4 is 4.74 Å². The van der Waals surface area contributed by atoms with Gasteiger partial charge in [-0.15, -0.1) is 0 Å². The predicted molar refractivity (Wildman–Crippen MR) is 146 cm³/mol. The van der Waals surface area contributed by atoms with Crippen LogP contribution >= 0.6 is 11.6 Å². The van der Waals surface area contributed by atoms with E-state index in [4.69, 9.17) is 26.1 Å². The molecule has 0 amide bonds. The van der Waals surface area contributed by atoms with Crippen molar-refractivity contribution in [1.29, 1.82) is 0 Å². The number of aromatic nitrogens is 5. The number of imidazole rings is 1. The van der Waals surface area contributed by atoms with Crippen LogP contribution in [0.25, 0.3) is 11.2 Å². The first-order valence-corrected chi connectivity index (χ1v) is 13.3. The molecule has 0 radical (unpaired) electrons. The van der Waals surface area contributed by atoms with E-state index < -0.39 is 5.97 Å². The van der Waals surface area contributed by atoms with Crippen LogP contribution in [0, 0.1) is 0 Å². The van der Waals surface area contributed by atoms with E-state index in [1.807, 2.05) is 35.8 Å². The molecule has 39 heavy (non-hydrogen) atoms. The maximum Gasteiger partial charge on any atom is 0.354 e. The van der Waals surface area contributed by atoms with Gasteiger partial charge in [-0.25, -0.2) is 19.7 Å². The number of carboxylic acid groups (broad SMARTS) is 1. The van der Waals surface area contributed by atoms with Gasteiger partial charge >= 0.3 is 5.97 Å². The van der Waals surface area contributed by atoms with Gasteiger partial charge in [-0.2, -0.15) is 4.98 Å². The van der Waals surface area contributed by atoms with Crippen LogP contribution in [0.3, 0.4) is 0 Å². The normalized spacial score (nSPS) is 15.5. The van der Waals surface area contributed by atoms with Crippen molar-refractivity contribution in [1.82, 2.24) is 29.4 Å². The lowest BCUT2D eigenvalue weighted by Crippen LogP contribution is -2.38. The summed E-state index contributed by atoms with van der Waals surface area (Å²) in [6.07, 6.45) is 4.04. The lowest BCUT2D eigenvalue weighted by Gasteiger charge is -2.31. The Hall–Kier alpha value is -3.60. The maximum absolute atomic E-state index is 11.5. The van der Waals surface area contributed by atoms with Gasteiger partial charge in [0, 0.05) is 43.9 Å². The summed E-state index contributed by atoms with van der Waals surface area (Å²) < 4.78 is 13.7. The minimum Gasteiger partial charge on any atom is -0.477 e. The Morgan fingerprint density at radius 2 is 1.87 bits per heavy atom. The van der Waals surface area contributed by atoms with Crippen molar-refractivity contribution in [3.8, 4) is 5.88 Å². The number of hydrogen-bond acceptors (Lipinski definition) is 8. The fraction of sp³-hybridized carbons (Fsp3) is 0.393. The first-order chi connectivity index (χ1) is 18.9. The summed E-state index contributed by atoms with van der Waals surface area (Å²) in [6.45, 7) is 4.80. The van der Waals surface area contributed by atoms with Gasteiger partial charge in [-0.1, -0.05) is 23.7 Å². The number of rotatable bonds is 10. The predicted octanol–water partition coefficient (Wildman–Crippen LogP) is 4.24. The van der Waals surface area contributed by atoms with E-state index in [1.54, 1.807) is 25.4 Å². The molecule has 1 aromatic carbocycles. The average molecular weight is 551 g/mol. The Morgan fingerprint density at radius 1 is 1.10 bits per heavy atom. The number of ether oxygens (including phenoxy) is 2. The molecule has 10 nitrogen and oxygen atoms in total. The number of pyridine rings is 1. The summed E-state index contributed by atoms with van der Waals surface area (Å²) in [5.74, 6) is 1.07. The minimum atomic E-state index is -1.06. The van der Waals surface area contributed by atoms with Crippen molar-refractivity contribution in [2.45, 2.75) is 51.5 Å².